The molecule has 5 heteroatoms. The van der Waals surface area contributed by atoms with Crippen molar-refractivity contribution in [2.24, 2.45) is 0 Å². The highest BCUT2D eigenvalue weighted by molar-refractivity contribution is 7.99. The van der Waals surface area contributed by atoms with Crippen molar-refractivity contribution in [1.82, 2.24) is 10.3 Å². The number of hydrogen-bond donors (Lipinski definition) is 1. The van der Waals surface area contributed by atoms with Gasteiger partial charge >= 0.3 is 0 Å². The molecule has 1 saturated heterocycles. The van der Waals surface area contributed by atoms with Gasteiger partial charge in [0.1, 0.15) is 0 Å². The Morgan fingerprint density at radius 1 is 1.20 bits per heavy atom. The molecule has 1 aliphatic heterocycles. The number of nitrogens with one attached hydrogen (secondary N) is 1. The molecule has 0 radical (unpaired) electrons. The highest BCUT2D eigenvalue weighted by Gasteiger charge is 2.17. The van der Waals surface area contributed by atoms with Crippen molar-refractivity contribution in [3.63, 3.8) is 0 Å². The van der Waals surface area contributed by atoms with Gasteiger partial charge in [0.05, 0.1) is 5.69 Å². The number of anilines is 1. The standard InChI is InChI=1S/C15H27N3S2/c1-3-6-13-14(12-16-7-4-2)20-15(17-13)18-8-5-10-19-11-9-18/h16H,3-12H2,1-2H3. The minimum Gasteiger partial charge on any atom is -0.347 e. The minimum absolute atomic E-state index is 0.990. The van der Waals surface area contributed by atoms with Crippen LogP contribution in [0.5, 0.6) is 0 Å². The number of thiazole rings is 1. The molecule has 1 fully saturated rings. The van der Waals surface area contributed by atoms with Gasteiger partial charge in [-0.25, -0.2) is 4.98 Å². The van der Waals surface area contributed by atoms with Crippen molar-refractivity contribution < 1.29 is 0 Å². The summed E-state index contributed by atoms with van der Waals surface area (Å²) < 4.78 is 0. The van der Waals surface area contributed by atoms with Crippen LogP contribution in [-0.4, -0.2) is 36.1 Å². The second-order valence-electron chi connectivity index (χ2n) is 5.25. The lowest BCUT2D eigenvalue weighted by molar-refractivity contribution is 0.674. The number of aryl methyl sites for hydroxylation is 1. The van der Waals surface area contributed by atoms with E-state index in [0.717, 1.165) is 26.1 Å². The summed E-state index contributed by atoms with van der Waals surface area (Å²) in [5.41, 5.74) is 1.33. The third kappa shape index (κ3) is 4.64. The zero-order valence-corrected chi connectivity index (χ0v) is 14.4. The third-order valence-corrected chi connectivity index (χ3v) is 5.67. The van der Waals surface area contributed by atoms with E-state index in [9.17, 15) is 0 Å². The summed E-state index contributed by atoms with van der Waals surface area (Å²) in [6.07, 6.45) is 4.77. The molecule has 1 aliphatic rings. The lowest BCUT2D eigenvalue weighted by Gasteiger charge is -2.18. The summed E-state index contributed by atoms with van der Waals surface area (Å²) in [6.45, 7) is 8.87. The van der Waals surface area contributed by atoms with E-state index >= 15 is 0 Å². The monoisotopic (exact) mass is 313 g/mol. The molecule has 3 nitrogen and oxygen atoms in total. The molecular formula is C15H27N3S2. The van der Waals surface area contributed by atoms with Gasteiger partial charge in [0, 0.05) is 30.3 Å². The van der Waals surface area contributed by atoms with Gasteiger partial charge in [-0.05, 0) is 31.6 Å². The van der Waals surface area contributed by atoms with Crippen molar-refractivity contribution in [1.29, 1.82) is 0 Å². The molecule has 0 aromatic carbocycles. The van der Waals surface area contributed by atoms with Crippen LogP contribution >= 0.6 is 23.1 Å². The van der Waals surface area contributed by atoms with Gasteiger partial charge in [0.15, 0.2) is 5.13 Å². The van der Waals surface area contributed by atoms with E-state index < -0.39 is 0 Å². The lowest BCUT2D eigenvalue weighted by atomic mass is 10.2. The Morgan fingerprint density at radius 2 is 2.10 bits per heavy atom. The largest absolute Gasteiger partial charge is 0.347 e. The molecule has 20 heavy (non-hydrogen) atoms. The molecule has 0 bridgehead atoms. The maximum atomic E-state index is 4.94. The maximum absolute atomic E-state index is 4.94. The first-order chi connectivity index (χ1) is 9.85. The first kappa shape index (κ1) is 16.1. The van der Waals surface area contributed by atoms with Crippen LogP contribution in [0.2, 0.25) is 0 Å². The fourth-order valence-electron chi connectivity index (χ4n) is 2.39. The summed E-state index contributed by atoms with van der Waals surface area (Å²) in [5.74, 6) is 2.54. The Balaban J connectivity index is 2.05. The molecule has 2 rings (SSSR count). The van der Waals surface area contributed by atoms with Crippen molar-refractivity contribution in [3.05, 3.63) is 10.6 Å². The third-order valence-electron chi connectivity index (χ3n) is 3.46. The molecule has 1 N–H and O–H groups in total. The average Bonchev–Trinajstić information content (AvgIpc) is 2.68. The van der Waals surface area contributed by atoms with E-state index in [2.05, 4.69) is 35.8 Å². The van der Waals surface area contributed by atoms with E-state index in [1.807, 2.05) is 11.3 Å². The summed E-state index contributed by atoms with van der Waals surface area (Å²) in [5, 5.41) is 4.78. The van der Waals surface area contributed by atoms with E-state index in [-0.39, 0.29) is 0 Å². The van der Waals surface area contributed by atoms with Crippen LogP contribution in [0.4, 0.5) is 5.13 Å². The molecule has 0 aliphatic carbocycles. The van der Waals surface area contributed by atoms with Crippen LogP contribution in [0.3, 0.4) is 0 Å². The fraction of sp³-hybridized carbons (Fsp3) is 0.800. The molecule has 1 aromatic heterocycles. The zero-order chi connectivity index (χ0) is 14.2. The average molecular weight is 314 g/mol. The van der Waals surface area contributed by atoms with Crippen molar-refractivity contribution >= 4 is 28.2 Å². The van der Waals surface area contributed by atoms with Crippen molar-refractivity contribution in [3.8, 4) is 0 Å². The molecule has 0 unspecified atom stereocenters. The van der Waals surface area contributed by atoms with Crippen molar-refractivity contribution in [2.45, 2.75) is 46.1 Å². The normalized spacial score (nSPS) is 16.4. The highest BCUT2D eigenvalue weighted by Crippen LogP contribution is 2.28. The molecule has 1 aromatic rings. The fourth-order valence-corrected chi connectivity index (χ4v) is 4.41. The Kier molecular flexibility index (Phi) is 7.17. The van der Waals surface area contributed by atoms with Gasteiger partial charge in [-0.1, -0.05) is 20.3 Å². The van der Waals surface area contributed by atoms with E-state index in [1.54, 1.807) is 0 Å². The molecule has 0 atom stereocenters. The predicted octanol–water partition coefficient (Wildman–Crippen LogP) is 3.54. The van der Waals surface area contributed by atoms with Crippen LogP contribution in [0.25, 0.3) is 0 Å². The molecule has 114 valence electrons. The second kappa shape index (κ2) is 8.90. The van der Waals surface area contributed by atoms with Gasteiger partial charge in [0.2, 0.25) is 0 Å². The Hall–Kier alpha value is -0.260. The Bertz CT molecular complexity index is 384. The summed E-state index contributed by atoms with van der Waals surface area (Å²) in [6, 6.07) is 0. The van der Waals surface area contributed by atoms with E-state index in [1.165, 1.54) is 53.0 Å². The van der Waals surface area contributed by atoms with Gasteiger partial charge in [-0.15, -0.1) is 11.3 Å². The number of hydrogen-bond acceptors (Lipinski definition) is 5. The van der Waals surface area contributed by atoms with E-state index in [0.29, 0.717) is 0 Å². The van der Waals surface area contributed by atoms with Gasteiger partial charge < -0.3 is 10.2 Å². The van der Waals surface area contributed by atoms with Crippen LogP contribution in [0.15, 0.2) is 0 Å². The maximum Gasteiger partial charge on any atom is 0.185 e. The Morgan fingerprint density at radius 3 is 2.90 bits per heavy atom. The number of aromatic nitrogens is 1. The highest BCUT2D eigenvalue weighted by atomic mass is 32.2. The quantitative estimate of drug-likeness (QED) is 0.779. The topological polar surface area (TPSA) is 28.2 Å². The van der Waals surface area contributed by atoms with Crippen molar-refractivity contribution in [2.75, 3.05) is 36.0 Å². The van der Waals surface area contributed by atoms with Gasteiger partial charge in [-0.3, -0.25) is 0 Å². The zero-order valence-electron chi connectivity index (χ0n) is 12.8. The summed E-state index contributed by atoms with van der Waals surface area (Å²) in [4.78, 5) is 8.88. The minimum atomic E-state index is 0.990. The molecule has 2 heterocycles. The number of nitrogens with zero attached hydrogens (tertiary/aromatic N) is 2. The Labute approximate surface area is 131 Å². The molecule has 0 spiro atoms. The molecular weight excluding hydrogens is 286 g/mol. The number of thioether (sulfide) groups is 1. The van der Waals surface area contributed by atoms with Crippen LogP contribution < -0.4 is 10.2 Å². The van der Waals surface area contributed by atoms with E-state index in [4.69, 9.17) is 4.98 Å². The predicted molar refractivity (Wildman–Crippen MR) is 92.3 cm³/mol. The lowest BCUT2D eigenvalue weighted by Crippen LogP contribution is -2.25. The first-order valence-corrected chi connectivity index (χ1v) is 9.84. The second-order valence-corrected chi connectivity index (χ2v) is 7.53. The van der Waals surface area contributed by atoms with Gasteiger partial charge in [-0.2, -0.15) is 11.8 Å². The molecule has 0 saturated carbocycles. The smallest absolute Gasteiger partial charge is 0.185 e. The van der Waals surface area contributed by atoms with Crippen LogP contribution in [0, 0.1) is 0 Å². The first-order valence-electron chi connectivity index (χ1n) is 7.87. The summed E-state index contributed by atoms with van der Waals surface area (Å²) in [7, 11) is 0. The van der Waals surface area contributed by atoms with Crippen LogP contribution in [-0.2, 0) is 13.0 Å². The summed E-state index contributed by atoms with van der Waals surface area (Å²) >= 11 is 3.98. The molecule has 0 amide bonds. The number of rotatable bonds is 7. The van der Waals surface area contributed by atoms with Gasteiger partial charge in [0.25, 0.3) is 0 Å². The van der Waals surface area contributed by atoms with Crippen LogP contribution in [0.1, 0.15) is 43.7 Å². The SMILES string of the molecule is CCCNCc1sc(N2CCCSCC2)nc1CCC.